The molecule has 1 heterocycles. The fourth-order valence-corrected chi connectivity index (χ4v) is 5.67. The van der Waals surface area contributed by atoms with Crippen molar-refractivity contribution in [3.63, 3.8) is 0 Å². The summed E-state index contributed by atoms with van der Waals surface area (Å²) in [6.45, 7) is 3.35. The molecule has 0 aromatic carbocycles. The van der Waals surface area contributed by atoms with Crippen LogP contribution in [0.5, 0.6) is 0 Å². The predicted octanol–water partition coefficient (Wildman–Crippen LogP) is 3.46. The first-order valence-corrected chi connectivity index (χ1v) is 7.49. The maximum atomic E-state index is 11.7. The van der Waals surface area contributed by atoms with Crippen LogP contribution in [0.25, 0.3) is 0 Å². The van der Waals surface area contributed by atoms with Crippen LogP contribution in [0, 0.1) is 0 Å². The van der Waals surface area contributed by atoms with E-state index in [-0.39, 0.29) is 5.25 Å². The number of hydrogen-bond acceptors (Lipinski definition) is 3. The summed E-state index contributed by atoms with van der Waals surface area (Å²) in [5.74, 6) is 0. The molecular weight excluding hydrogens is 340 g/mol. The van der Waals surface area contributed by atoms with Gasteiger partial charge in [-0.2, -0.15) is 0 Å². The molecule has 0 spiro atoms. The quantitative estimate of drug-likeness (QED) is 0.821. The molecule has 0 saturated carbocycles. The van der Waals surface area contributed by atoms with Gasteiger partial charge in [-0.25, -0.2) is 8.42 Å². The number of thiophene rings is 1. The minimum atomic E-state index is -3.15. The summed E-state index contributed by atoms with van der Waals surface area (Å²) in [4.78, 5) is 0.374. The normalized spacial score (nSPS) is 12.4. The van der Waals surface area contributed by atoms with Crippen LogP contribution in [-0.2, 0) is 9.84 Å². The van der Waals surface area contributed by atoms with E-state index in [0.29, 0.717) is 8.68 Å². The van der Waals surface area contributed by atoms with E-state index in [1.807, 2.05) is 0 Å². The molecule has 2 nitrogen and oxygen atoms in total. The summed E-state index contributed by atoms with van der Waals surface area (Å²) >= 11 is 7.85. The molecule has 0 aliphatic carbocycles. The molecule has 1 aromatic rings. The van der Waals surface area contributed by atoms with Gasteiger partial charge in [0.25, 0.3) is 0 Å². The molecule has 6 heteroatoms. The Kier molecular flexibility index (Phi) is 3.60. The van der Waals surface area contributed by atoms with Crippen molar-refractivity contribution in [1.82, 2.24) is 0 Å². The fraction of sp³-hybridized carbons (Fsp3) is 0.429. The Bertz CT molecular complexity index is 406. The number of sulfone groups is 1. The second-order valence-corrected chi connectivity index (χ2v) is 9.00. The van der Waals surface area contributed by atoms with Crippen LogP contribution < -0.4 is 0 Å². The molecule has 0 atom stereocenters. The van der Waals surface area contributed by atoms with E-state index in [1.54, 1.807) is 19.9 Å². The van der Waals surface area contributed by atoms with Gasteiger partial charge < -0.3 is 0 Å². The van der Waals surface area contributed by atoms with Crippen molar-refractivity contribution in [2.45, 2.75) is 24.0 Å². The third-order valence-electron chi connectivity index (χ3n) is 1.55. The zero-order chi connectivity index (χ0) is 10.2. The molecule has 1 rings (SSSR count). The Morgan fingerprint density at radius 2 is 1.92 bits per heavy atom. The van der Waals surface area contributed by atoms with Crippen molar-refractivity contribution in [3.8, 4) is 0 Å². The summed E-state index contributed by atoms with van der Waals surface area (Å²) in [7, 11) is -3.15. The van der Waals surface area contributed by atoms with Crippen molar-refractivity contribution in [2.75, 3.05) is 0 Å². The van der Waals surface area contributed by atoms with Gasteiger partial charge in [-0.1, -0.05) is 0 Å². The lowest BCUT2D eigenvalue weighted by molar-refractivity contribution is 0.587. The molecule has 0 amide bonds. The maximum absolute atomic E-state index is 11.7. The SMILES string of the molecule is CC(C)S(=O)(=O)c1cc(Br)sc1Br. The first-order valence-electron chi connectivity index (χ1n) is 3.54. The van der Waals surface area contributed by atoms with Crippen molar-refractivity contribution in [2.24, 2.45) is 0 Å². The lowest BCUT2D eigenvalue weighted by Crippen LogP contribution is -2.13. The monoisotopic (exact) mass is 346 g/mol. The average molecular weight is 348 g/mol. The van der Waals surface area contributed by atoms with E-state index >= 15 is 0 Å². The summed E-state index contributed by atoms with van der Waals surface area (Å²) < 4.78 is 24.9. The van der Waals surface area contributed by atoms with Gasteiger partial charge in [-0.05, 0) is 51.8 Å². The van der Waals surface area contributed by atoms with E-state index in [1.165, 1.54) is 11.3 Å². The molecule has 0 aliphatic rings. The summed E-state index contributed by atoms with van der Waals surface area (Å²) in [5, 5.41) is -0.384. The highest BCUT2D eigenvalue weighted by Crippen LogP contribution is 2.36. The minimum Gasteiger partial charge on any atom is -0.223 e. The largest absolute Gasteiger partial charge is 0.223 e. The Morgan fingerprint density at radius 1 is 1.38 bits per heavy atom. The summed E-state index contributed by atoms with van der Waals surface area (Å²) in [6.07, 6.45) is 0. The maximum Gasteiger partial charge on any atom is 0.182 e. The standard InChI is InChI=1S/C7H8Br2O2S2/c1-4(2)13(10,11)5-3-6(8)12-7(5)9/h3-4H,1-2H3. The smallest absolute Gasteiger partial charge is 0.182 e. The van der Waals surface area contributed by atoms with E-state index < -0.39 is 9.84 Å². The Hall–Kier alpha value is 0.610. The van der Waals surface area contributed by atoms with E-state index in [4.69, 9.17) is 0 Å². The third-order valence-corrected chi connectivity index (χ3v) is 6.46. The lowest BCUT2D eigenvalue weighted by atomic mass is 10.6. The molecule has 0 saturated heterocycles. The molecule has 0 radical (unpaired) electrons. The topological polar surface area (TPSA) is 34.1 Å². The van der Waals surface area contributed by atoms with Gasteiger partial charge in [0.2, 0.25) is 0 Å². The van der Waals surface area contributed by atoms with Crippen LogP contribution in [0.4, 0.5) is 0 Å². The van der Waals surface area contributed by atoms with Gasteiger partial charge in [0, 0.05) is 0 Å². The third kappa shape index (κ3) is 2.34. The molecule has 1 aromatic heterocycles. The van der Waals surface area contributed by atoms with Gasteiger partial charge in [-0.3, -0.25) is 0 Å². The van der Waals surface area contributed by atoms with Crippen LogP contribution in [0.2, 0.25) is 0 Å². The molecular formula is C7H8Br2O2S2. The first kappa shape index (κ1) is 11.7. The summed E-state index contributed by atoms with van der Waals surface area (Å²) in [5.41, 5.74) is 0. The minimum absolute atomic E-state index is 0.374. The van der Waals surface area contributed by atoms with Crippen LogP contribution in [0.1, 0.15) is 13.8 Å². The van der Waals surface area contributed by atoms with Crippen molar-refractivity contribution in [1.29, 1.82) is 0 Å². The molecule has 0 unspecified atom stereocenters. The van der Waals surface area contributed by atoms with Gasteiger partial charge in [0.05, 0.1) is 17.7 Å². The predicted molar refractivity (Wildman–Crippen MR) is 62.0 cm³/mol. The van der Waals surface area contributed by atoms with Gasteiger partial charge >= 0.3 is 0 Å². The van der Waals surface area contributed by atoms with Crippen molar-refractivity contribution < 1.29 is 8.42 Å². The van der Waals surface area contributed by atoms with Crippen LogP contribution in [0.15, 0.2) is 18.5 Å². The van der Waals surface area contributed by atoms with E-state index in [0.717, 1.165) is 3.79 Å². The zero-order valence-corrected chi connectivity index (χ0v) is 11.8. The zero-order valence-electron chi connectivity index (χ0n) is 7.04. The van der Waals surface area contributed by atoms with E-state index in [2.05, 4.69) is 31.9 Å². The number of rotatable bonds is 2. The molecule has 13 heavy (non-hydrogen) atoms. The number of hydrogen-bond donors (Lipinski definition) is 0. The Balaban J connectivity index is 3.31. The van der Waals surface area contributed by atoms with Gasteiger partial charge in [0.15, 0.2) is 9.84 Å². The van der Waals surface area contributed by atoms with Crippen molar-refractivity contribution in [3.05, 3.63) is 13.6 Å². The van der Waals surface area contributed by atoms with Crippen LogP contribution in [-0.4, -0.2) is 13.7 Å². The summed E-state index contributed by atoms with van der Waals surface area (Å²) in [6, 6.07) is 1.63. The van der Waals surface area contributed by atoms with E-state index in [9.17, 15) is 8.42 Å². The highest BCUT2D eigenvalue weighted by Gasteiger charge is 2.23. The van der Waals surface area contributed by atoms with Crippen molar-refractivity contribution >= 4 is 53.0 Å². The molecule has 0 aliphatic heterocycles. The Labute approximate surface area is 98.5 Å². The molecule has 0 N–H and O–H groups in total. The highest BCUT2D eigenvalue weighted by atomic mass is 79.9. The lowest BCUT2D eigenvalue weighted by Gasteiger charge is -2.05. The molecule has 0 fully saturated rings. The number of halogens is 2. The molecule has 0 bridgehead atoms. The molecule has 74 valence electrons. The van der Waals surface area contributed by atoms with Gasteiger partial charge in [-0.15, -0.1) is 11.3 Å². The average Bonchev–Trinajstić information content (AvgIpc) is 2.30. The van der Waals surface area contributed by atoms with Crippen LogP contribution >= 0.6 is 43.2 Å². The fourth-order valence-electron chi connectivity index (χ4n) is 0.773. The highest BCUT2D eigenvalue weighted by molar-refractivity contribution is 9.12. The van der Waals surface area contributed by atoms with Crippen LogP contribution in [0.3, 0.4) is 0 Å². The Morgan fingerprint density at radius 3 is 2.23 bits per heavy atom. The second-order valence-electron chi connectivity index (χ2n) is 2.78. The second kappa shape index (κ2) is 4.00. The first-order chi connectivity index (χ1) is 5.85. The van der Waals surface area contributed by atoms with Gasteiger partial charge in [0.1, 0.15) is 0 Å².